The van der Waals surface area contributed by atoms with Crippen molar-refractivity contribution in [3.8, 4) is 11.5 Å². The van der Waals surface area contributed by atoms with Crippen LogP contribution < -0.4 is 0 Å². The van der Waals surface area contributed by atoms with E-state index in [1.54, 1.807) is 6.07 Å². The lowest BCUT2D eigenvalue weighted by atomic mass is 9.70. The van der Waals surface area contributed by atoms with Gasteiger partial charge in [0.05, 0.1) is 0 Å². The van der Waals surface area contributed by atoms with E-state index >= 15 is 0 Å². The van der Waals surface area contributed by atoms with Crippen molar-refractivity contribution in [2.45, 2.75) is 44.1 Å². The largest absolute Gasteiger partial charge is 0.504 e. The Balaban J connectivity index is 2.15. The molecular formula is C15H21NO2. The van der Waals surface area contributed by atoms with Crippen LogP contribution in [0.15, 0.2) is 6.07 Å². The standard InChI is InChI=1S/C15H21NO2/c1-16(2)12-7-6-9-8-13(17)15(18)11-5-3-4-10(12)14(9)11/h8,10,12,17-18H,3-7H2,1-2H3. The third-order valence-electron chi connectivity index (χ3n) is 4.66. The summed E-state index contributed by atoms with van der Waals surface area (Å²) in [6.45, 7) is 0. The summed E-state index contributed by atoms with van der Waals surface area (Å²) in [5.41, 5.74) is 3.59. The smallest absolute Gasteiger partial charge is 0.160 e. The van der Waals surface area contributed by atoms with Crippen molar-refractivity contribution in [1.82, 2.24) is 4.90 Å². The fraction of sp³-hybridized carbons (Fsp3) is 0.600. The Kier molecular flexibility index (Phi) is 2.74. The van der Waals surface area contributed by atoms with E-state index in [0.717, 1.165) is 31.2 Å². The van der Waals surface area contributed by atoms with Crippen molar-refractivity contribution in [1.29, 1.82) is 0 Å². The number of nitrogens with zero attached hydrogens (tertiary/aromatic N) is 1. The first kappa shape index (κ1) is 11.8. The number of phenolic OH excluding ortho intramolecular Hbond substituents is 2. The lowest BCUT2D eigenvalue weighted by Gasteiger charge is -2.41. The molecule has 0 saturated carbocycles. The fourth-order valence-corrected chi connectivity index (χ4v) is 3.86. The number of aryl methyl sites for hydroxylation is 1. The average molecular weight is 247 g/mol. The summed E-state index contributed by atoms with van der Waals surface area (Å²) < 4.78 is 0. The number of aromatic hydroxyl groups is 2. The Hall–Kier alpha value is -1.22. The van der Waals surface area contributed by atoms with Crippen LogP contribution in [0.25, 0.3) is 0 Å². The van der Waals surface area contributed by atoms with Crippen molar-refractivity contribution >= 4 is 0 Å². The second-order valence-electron chi connectivity index (χ2n) is 5.86. The van der Waals surface area contributed by atoms with E-state index in [9.17, 15) is 10.2 Å². The van der Waals surface area contributed by atoms with Crippen LogP contribution in [0.5, 0.6) is 11.5 Å². The molecule has 2 unspecified atom stereocenters. The van der Waals surface area contributed by atoms with Crippen LogP contribution in [0.1, 0.15) is 41.9 Å². The van der Waals surface area contributed by atoms with Crippen molar-refractivity contribution in [3.05, 3.63) is 22.8 Å². The van der Waals surface area contributed by atoms with Crippen LogP contribution in [0.3, 0.4) is 0 Å². The van der Waals surface area contributed by atoms with Crippen LogP contribution in [0, 0.1) is 0 Å². The molecular weight excluding hydrogens is 226 g/mol. The van der Waals surface area contributed by atoms with Crippen molar-refractivity contribution < 1.29 is 10.2 Å². The van der Waals surface area contributed by atoms with Crippen LogP contribution in [-0.2, 0) is 12.8 Å². The maximum absolute atomic E-state index is 10.1. The van der Waals surface area contributed by atoms with Gasteiger partial charge in [-0.1, -0.05) is 0 Å². The molecule has 0 heterocycles. The number of phenols is 2. The van der Waals surface area contributed by atoms with Gasteiger partial charge in [-0.15, -0.1) is 0 Å². The quantitative estimate of drug-likeness (QED) is 0.749. The van der Waals surface area contributed by atoms with Gasteiger partial charge in [-0.3, -0.25) is 0 Å². The van der Waals surface area contributed by atoms with Crippen molar-refractivity contribution in [2.75, 3.05) is 14.1 Å². The molecule has 0 fully saturated rings. The van der Waals surface area contributed by atoms with Gasteiger partial charge in [-0.2, -0.15) is 0 Å². The highest BCUT2D eigenvalue weighted by Crippen LogP contribution is 2.48. The molecule has 98 valence electrons. The van der Waals surface area contributed by atoms with Gasteiger partial charge >= 0.3 is 0 Å². The van der Waals surface area contributed by atoms with Gasteiger partial charge in [0, 0.05) is 17.5 Å². The number of rotatable bonds is 1. The lowest BCUT2D eigenvalue weighted by Crippen LogP contribution is -2.39. The third-order valence-corrected chi connectivity index (χ3v) is 4.66. The van der Waals surface area contributed by atoms with Gasteiger partial charge in [-0.05, 0) is 63.4 Å². The molecule has 0 radical (unpaired) electrons. The molecule has 0 aliphatic heterocycles. The first-order chi connectivity index (χ1) is 8.59. The molecule has 2 aliphatic carbocycles. The molecule has 0 saturated heterocycles. The predicted molar refractivity (Wildman–Crippen MR) is 71.2 cm³/mol. The third kappa shape index (κ3) is 1.61. The number of hydrogen-bond acceptors (Lipinski definition) is 3. The molecule has 0 spiro atoms. The Morgan fingerprint density at radius 3 is 2.67 bits per heavy atom. The maximum atomic E-state index is 10.1. The van der Waals surface area contributed by atoms with E-state index in [-0.39, 0.29) is 11.5 Å². The Morgan fingerprint density at radius 1 is 1.17 bits per heavy atom. The van der Waals surface area contributed by atoms with Crippen LogP contribution >= 0.6 is 0 Å². The average Bonchev–Trinajstić information content (AvgIpc) is 2.35. The highest BCUT2D eigenvalue weighted by Gasteiger charge is 2.36. The molecule has 0 amide bonds. The molecule has 18 heavy (non-hydrogen) atoms. The summed E-state index contributed by atoms with van der Waals surface area (Å²) in [7, 11) is 4.29. The van der Waals surface area contributed by atoms with Crippen LogP contribution in [0.4, 0.5) is 0 Å². The fourth-order valence-electron chi connectivity index (χ4n) is 3.86. The normalized spacial score (nSPS) is 26.2. The first-order valence-electron chi connectivity index (χ1n) is 6.82. The zero-order chi connectivity index (χ0) is 12.9. The minimum Gasteiger partial charge on any atom is -0.504 e. The maximum Gasteiger partial charge on any atom is 0.160 e. The van der Waals surface area contributed by atoms with Gasteiger partial charge in [-0.25, -0.2) is 0 Å². The van der Waals surface area contributed by atoms with E-state index in [1.165, 1.54) is 17.5 Å². The highest BCUT2D eigenvalue weighted by molar-refractivity contribution is 5.56. The minimum absolute atomic E-state index is 0.0627. The second kappa shape index (κ2) is 4.16. The molecule has 1 aromatic carbocycles. The number of hydrogen-bond donors (Lipinski definition) is 2. The van der Waals surface area contributed by atoms with E-state index in [1.807, 2.05) is 0 Å². The zero-order valence-electron chi connectivity index (χ0n) is 11.1. The van der Waals surface area contributed by atoms with Crippen LogP contribution in [-0.4, -0.2) is 35.3 Å². The second-order valence-corrected chi connectivity index (χ2v) is 5.86. The molecule has 2 aliphatic rings. The van der Waals surface area contributed by atoms with E-state index in [0.29, 0.717) is 12.0 Å². The Morgan fingerprint density at radius 2 is 1.94 bits per heavy atom. The van der Waals surface area contributed by atoms with E-state index < -0.39 is 0 Å². The van der Waals surface area contributed by atoms with Gasteiger partial charge in [0.2, 0.25) is 0 Å². The number of likely N-dealkylation sites (N-methyl/N-ethyl adjacent to an activating group) is 1. The molecule has 0 aromatic heterocycles. The van der Waals surface area contributed by atoms with Gasteiger partial charge in [0.1, 0.15) is 0 Å². The molecule has 3 heteroatoms. The summed E-state index contributed by atoms with van der Waals surface area (Å²) in [4.78, 5) is 2.31. The van der Waals surface area contributed by atoms with Gasteiger partial charge < -0.3 is 15.1 Å². The molecule has 2 atom stereocenters. The summed E-state index contributed by atoms with van der Waals surface area (Å²) in [5.74, 6) is 0.713. The zero-order valence-corrected chi connectivity index (χ0v) is 11.1. The Bertz CT molecular complexity index is 482. The van der Waals surface area contributed by atoms with Crippen molar-refractivity contribution in [2.24, 2.45) is 0 Å². The van der Waals surface area contributed by atoms with Gasteiger partial charge in [0.25, 0.3) is 0 Å². The topological polar surface area (TPSA) is 43.7 Å². The highest BCUT2D eigenvalue weighted by atomic mass is 16.3. The predicted octanol–water partition coefficient (Wildman–Crippen LogP) is 2.39. The van der Waals surface area contributed by atoms with E-state index in [2.05, 4.69) is 19.0 Å². The summed E-state index contributed by atoms with van der Waals surface area (Å²) in [6.07, 6.45) is 5.37. The molecule has 3 nitrogen and oxygen atoms in total. The molecule has 0 bridgehead atoms. The summed E-state index contributed by atoms with van der Waals surface area (Å²) in [5, 5.41) is 19.9. The number of benzene rings is 1. The summed E-state index contributed by atoms with van der Waals surface area (Å²) in [6, 6.07) is 2.35. The van der Waals surface area contributed by atoms with Crippen molar-refractivity contribution in [3.63, 3.8) is 0 Å². The van der Waals surface area contributed by atoms with E-state index in [4.69, 9.17) is 0 Å². The monoisotopic (exact) mass is 247 g/mol. The first-order valence-corrected chi connectivity index (χ1v) is 6.82. The lowest BCUT2D eigenvalue weighted by molar-refractivity contribution is 0.213. The molecule has 1 aromatic rings. The van der Waals surface area contributed by atoms with Gasteiger partial charge in [0.15, 0.2) is 11.5 Å². The molecule has 2 N–H and O–H groups in total. The molecule has 3 rings (SSSR count). The summed E-state index contributed by atoms with van der Waals surface area (Å²) >= 11 is 0. The minimum atomic E-state index is 0.0627. The Labute approximate surface area is 108 Å². The van der Waals surface area contributed by atoms with Crippen LogP contribution in [0.2, 0.25) is 0 Å². The SMILES string of the molecule is CN(C)C1CCc2cc(O)c(O)c3c2C1CCC3.